The number of nitrogens with one attached hydrogen (secondary N) is 1. The average Bonchev–Trinajstić information content (AvgIpc) is 3.00. The van der Waals surface area contributed by atoms with Crippen LogP contribution in [0.5, 0.6) is 11.5 Å². The smallest absolute Gasteiger partial charge is 0.304 e. The molecule has 44 heavy (non-hydrogen) atoms. The third-order valence-electron chi connectivity index (χ3n) is 6.10. The minimum absolute atomic E-state index is 0.0165. The number of nitro groups is 2. The lowest BCUT2D eigenvalue weighted by atomic mass is 10.2. The summed E-state index contributed by atoms with van der Waals surface area (Å²) in [6.45, 7) is 3.03. The minimum Gasteiger partial charge on any atom is -0.492 e. The van der Waals surface area contributed by atoms with Crippen LogP contribution in [0.4, 0.5) is 34.1 Å². The van der Waals surface area contributed by atoms with Crippen molar-refractivity contribution in [3.8, 4) is 11.5 Å². The Morgan fingerprint density at radius 1 is 0.841 bits per heavy atom. The Bertz CT molecular complexity index is 1610. The van der Waals surface area contributed by atoms with Gasteiger partial charge < -0.3 is 19.7 Å². The summed E-state index contributed by atoms with van der Waals surface area (Å²) in [5.74, 6) is 1.09. The molecule has 0 aliphatic rings. The zero-order valence-electron chi connectivity index (χ0n) is 23.5. The molecule has 0 bridgehead atoms. The number of halogens is 1. The lowest BCUT2D eigenvalue weighted by Crippen LogP contribution is -2.32. The summed E-state index contributed by atoms with van der Waals surface area (Å²) < 4.78 is 11.8. The Balaban J connectivity index is 1.61. The van der Waals surface area contributed by atoms with Crippen LogP contribution in [0.2, 0.25) is 0 Å². The number of hydrogen-bond acceptors (Lipinski definition) is 10. The second-order valence-corrected chi connectivity index (χ2v) is 10.1. The highest BCUT2D eigenvalue weighted by molar-refractivity contribution is 9.10. The first kappa shape index (κ1) is 31.6. The van der Waals surface area contributed by atoms with Gasteiger partial charge in [-0.05, 0) is 58.4 Å². The van der Waals surface area contributed by atoms with E-state index in [9.17, 15) is 25.0 Å². The molecule has 226 valence electrons. The fourth-order valence-electron chi connectivity index (χ4n) is 4.07. The number of ether oxygens (including phenoxy) is 2. The zero-order valence-corrected chi connectivity index (χ0v) is 25.0. The molecule has 0 radical (unpaired) electrons. The Labute approximate surface area is 260 Å². The summed E-state index contributed by atoms with van der Waals surface area (Å²) in [5.41, 5.74) is -0.0458. The lowest BCUT2D eigenvalue weighted by molar-refractivity contribution is -0.393. The van der Waals surface area contributed by atoms with Crippen LogP contribution >= 0.6 is 15.9 Å². The predicted molar refractivity (Wildman–Crippen MR) is 168 cm³/mol. The zero-order chi connectivity index (χ0) is 31.5. The lowest BCUT2D eigenvalue weighted by Gasteiger charge is -2.26. The maximum atomic E-state index is 12.1. The molecule has 0 heterocycles. The molecule has 0 spiro atoms. The predicted octanol–water partition coefficient (Wildman–Crippen LogP) is 7.60. The van der Waals surface area contributed by atoms with Gasteiger partial charge in [-0.3, -0.25) is 25.0 Å². The number of anilines is 2. The van der Waals surface area contributed by atoms with Gasteiger partial charge in [0.2, 0.25) is 5.91 Å². The van der Waals surface area contributed by atoms with E-state index in [0.717, 1.165) is 29.3 Å². The minimum atomic E-state index is -0.781. The Morgan fingerprint density at radius 2 is 1.43 bits per heavy atom. The molecule has 0 aromatic heterocycles. The number of carbonyl (C=O) groups is 1. The summed E-state index contributed by atoms with van der Waals surface area (Å²) in [6.07, 6.45) is 0. The van der Waals surface area contributed by atoms with E-state index in [0.29, 0.717) is 32.0 Å². The highest BCUT2D eigenvalue weighted by Crippen LogP contribution is 2.40. The highest BCUT2D eigenvalue weighted by atomic mass is 79.9. The molecule has 1 N–H and O–H groups in total. The van der Waals surface area contributed by atoms with Gasteiger partial charge in [-0.1, -0.05) is 36.4 Å². The van der Waals surface area contributed by atoms with Gasteiger partial charge in [0.1, 0.15) is 30.4 Å². The number of nitro benzene ring substituents is 2. The van der Waals surface area contributed by atoms with E-state index in [1.165, 1.54) is 6.92 Å². The Morgan fingerprint density at radius 3 is 1.95 bits per heavy atom. The molecular formula is C30H27BrN6O7. The van der Waals surface area contributed by atoms with E-state index in [1.807, 2.05) is 65.6 Å². The van der Waals surface area contributed by atoms with Crippen LogP contribution in [-0.4, -0.2) is 42.1 Å². The molecule has 1 amide bonds. The average molecular weight is 663 g/mol. The molecular weight excluding hydrogens is 636 g/mol. The Hall–Kier alpha value is -5.37. The van der Waals surface area contributed by atoms with E-state index < -0.39 is 21.2 Å². The van der Waals surface area contributed by atoms with Gasteiger partial charge in [0, 0.05) is 18.7 Å². The van der Waals surface area contributed by atoms with E-state index in [-0.39, 0.29) is 21.8 Å². The number of benzene rings is 4. The molecule has 4 aromatic rings. The van der Waals surface area contributed by atoms with Crippen molar-refractivity contribution in [3.63, 3.8) is 0 Å². The van der Waals surface area contributed by atoms with Crippen molar-refractivity contribution in [1.82, 2.24) is 0 Å². The summed E-state index contributed by atoms with van der Waals surface area (Å²) in [6, 6.07) is 25.8. The van der Waals surface area contributed by atoms with E-state index in [4.69, 9.17) is 9.47 Å². The van der Waals surface area contributed by atoms with Gasteiger partial charge in [0.15, 0.2) is 5.69 Å². The van der Waals surface area contributed by atoms with E-state index in [2.05, 4.69) is 31.5 Å². The van der Waals surface area contributed by atoms with Crippen molar-refractivity contribution in [1.29, 1.82) is 0 Å². The van der Waals surface area contributed by atoms with Crippen molar-refractivity contribution in [2.45, 2.75) is 6.92 Å². The van der Waals surface area contributed by atoms with Crippen molar-refractivity contribution in [3.05, 3.63) is 116 Å². The molecule has 13 nitrogen and oxygen atoms in total. The molecule has 0 unspecified atom stereocenters. The second kappa shape index (κ2) is 15.2. The fraction of sp³-hybridized carbons (Fsp3) is 0.167. The van der Waals surface area contributed by atoms with E-state index in [1.54, 1.807) is 18.2 Å². The number of hydrogen-bond donors (Lipinski definition) is 1. The Kier molecular flexibility index (Phi) is 10.9. The third-order valence-corrected chi connectivity index (χ3v) is 6.70. The topological polar surface area (TPSA) is 162 Å². The maximum Gasteiger partial charge on any atom is 0.304 e. The monoisotopic (exact) mass is 662 g/mol. The molecule has 0 saturated heterocycles. The summed E-state index contributed by atoms with van der Waals surface area (Å²) in [7, 11) is 0. The molecule has 0 saturated carbocycles. The molecule has 0 atom stereocenters. The molecule has 14 heteroatoms. The normalized spacial score (nSPS) is 10.8. The molecule has 4 aromatic carbocycles. The molecule has 0 aliphatic carbocycles. The van der Waals surface area contributed by atoms with Crippen LogP contribution in [0.15, 0.2) is 106 Å². The number of rotatable bonds is 14. The number of para-hydroxylation sites is 2. The summed E-state index contributed by atoms with van der Waals surface area (Å²) >= 11 is 3.12. The number of nitrogens with zero attached hydrogens (tertiary/aromatic N) is 5. The van der Waals surface area contributed by atoms with Crippen LogP contribution in [0.25, 0.3) is 0 Å². The number of azo groups is 1. The van der Waals surface area contributed by atoms with Gasteiger partial charge in [-0.2, -0.15) is 0 Å². The largest absolute Gasteiger partial charge is 0.492 e. The van der Waals surface area contributed by atoms with Gasteiger partial charge >= 0.3 is 5.69 Å². The van der Waals surface area contributed by atoms with Gasteiger partial charge in [0.25, 0.3) is 5.69 Å². The number of amides is 1. The second-order valence-electron chi connectivity index (χ2n) is 9.20. The van der Waals surface area contributed by atoms with Crippen LogP contribution in [0.1, 0.15) is 6.92 Å². The van der Waals surface area contributed by atoms with Crippen LogP contribution in [-0.2, 0) is 4.79 Å². The van der Waals surface area contributed by atoms with Gasteiger partial charge in [-0.25, -0.2) is 0 Å². The quantitative estimate of drug-likeness (QED) is 0.0819. The first-order valence-electron chi connectivity index (χ1n) is 13.3. The van der Waals surface area contributed by atoms with Gasteiger partial charge in [0.05, 0.1) is 39.2 Å². The van der Waals surface area contributed by atoms with Crippen molar-refractivity contribution in [2.75, 3.05) is 36.5 Å². The number of carbonyl (C=O) groups excluding carboxylic acids is 1. The van der Waals surface area contributed by atoms with Gasteiger partial charge in [-0.15, -0.1) is 10.2 Å². The SMILES string of the molecule is CC(=O)Nc1cc(N(CCOc2ccccc2)CCOc2ccccc2)ccc1N=Nc1c(Br)cc([N+](=O)[O-])cc1[N+](=O)[O-]. The maximum absolute atomic E-state index is 12.1. The molecule has 0 aliphatic heterocycles. The standard InChI is InChI=1S/C30H27BrN6O7/c1-21(38)32-28-19-22(12-13-27(28)33-34-30-26(31)18-23(36(39)40)20-29(30)37(41)42)35(14-16-43-24-8-4-2-5-9-24)15-17-44-25-10-6-3-7-11-25/h2-13,18-20H,14-17H2,1H3,(H,32,38). The van der Waals surface area contributed by atoms with Crippen molar-refractivity contribution >= 4 is 56.0 Å². The van der Waals surface area contributed by atoms with Crippen molar-refractivity contribution < 1.29 is 24.1 Å². The number of non-ortho nitro benzene ring substituents is 1. The fourth-order valence-corrected chi connectivity index (χ4v) is 4.58. The third kappa shape index (κ3) is 8.82. The summed E-state index contributed by atoms with van der Waals surface area (Å²) in [4.78, 5) is 35.4. The first-order chi connectivity index (χ1) is 21.2. The summed E-state index contributed by atoms with van der Waals surface area (Å²) in [5, 5.41) is 33.7. The highest BCUT2D eigenvalue weighted by Gasteiger charge is 2.23. The van der Waals surface area contributed by atoms with Crippen molar-refractivity contribution in [2.24, 2.45) is 10.2 Å². The first-order valence-corrected chi connectivity index (χ1v) is 14.1. The molecule has 0 fully saturated rings. The van der Waals surface area contributed by atoms with Crippen LogP contribution in [0.3, 0.4) is 0 Å². The van der Waals surface area contributed by atoms with Crippen LogP contribution in [0, 0.1) is 20.2 Å². The van der Waals surface area contributed by atoms with E-state index >= 15 is 0 Å². The molecule has 4 rings (SSSR count). The van der Waals surface area contributed by atoms with Crippen LogP contribution < -0.4 is 19.7 Å².